The molecule has 0 bridgehead atoms. The molecule has 0 aromatic heterocycles. The number of carbonyl (C=O) groups is 1. The first-order valence-corrected chi connectivity index (χ1v) is 7.39. The van der Waals surface area contributed by atoms with Crippen molar-refractivity contribution in [2.45, 2.75) is 26.7 Å². The molecule has 0 unspecified atom stereocenters. The minimum Gasteiger partial charge on any atom is -0.384 e. The first-order valence-electron chi connectivity index (χ1n) is 6.30. The Balaban J connectivity index is 2.72. The van der Waals surface area contributed by atoms with Crippen LogP contribution in [0.5, 0.6) is 5.75 Å². The van der Waals surface area contributed by atoms with E-state index in [1.54, 1.807) is 0 Å². The van der Waals surface area contributed by atoms with Gasteiger partial charge >= 0.3 is 0 Å². The number of ketones is 1. The van der Waals surface area contributed by atoms with E-state index >= 15 is 0 Å². The molecule has 0 spiro atoms. The molecule has 0 aliphatic heterocycles. The summed E-state index contributed by atoms with van der Waals surface area (Å²) in [6.45, 7) is 5.54. The molecule has 20 heavy (non-hydrogen) atoms. The Labute approximate surface area is 119 Å². The van der Waals surface area contributed by atoms with E-state index in [9.17, 15) is 13.2 Å². The van der Waals surface area contributed by atoms with Gasteiger partial charge in [0, 0.05) is 11.1 Å². The third-order valence-electron chi connectivity index (χ3n) is 3.20. The molecule has 0 saturated carbocycles. The minimum atomic E-state index is -3.01. The molecule has 0 saturated heterocycles. The lowest BCUT2D eigenvalue weighted by molar-refractivity contribution is 0.101. The number of hydrogen-bond acceptors (Lipinski definition) is 4. The molecular formula is C15H16O4S. The molecule has 0 aromatic rings. The van der Waals surface area contributed by atoms with Gasteiger partial charge in [0.15, 0.2) is 11.5 Å². The van der Waals surface area contributed by atoms with E-state index in [-0.39, 0.29) is 17.5 Å². The number of Topliss-reactive ketones (excluding diaryl/α,β-unsaturated/α-hetero) is 1. The summed E-state index contributed by atoms with van der Waals surface area (Å²) in [7, 11) is -3.01. The summed E-state index contributed by atoms with van der Waals surface area (Å²) in [5.74, 6) is 0.373. The van der Waals surface area contributed by atoms with Crippen LogP contribution in [0, 0.1) is 0 Å². The Bertz CT molecular complexity index is 693. The van der Waals surface area contributed by atoms with Crippen LogP contribution in [0.15, 0.2) is 30.3 Å². The summed E-state index contributed by atoms with van der Waals surface area (Å²) in [6, 6.07) is 8.99. The van der Waals surface area contributed by atoms with Crippen LogP contribution >= 0.6 is 0 Å². The van der Waals surface area contributed by atoms with E-state index in [2.05, 4.69) is 0 Å². The largest absolute Gasteiger partial charge is 0.384 e. The summed E-state index contributed by atoms with van der Waals surface area (Å²) in [5.41, 5.74) is 2.86. The van der Waals surface area contributed by atoms with E-state index in [0.717, 1.165) is 5.56 Å². The SMILES string of the molecule is CC(=O)c1cc(O[SH](=O)=O)c2cc(C(C)C)cccc1-2. The molecule has 0 atom stereocenters. The predicted molar refractivity (Wildman–Crippen MR) is 78.1 cm³/mol. The van der Waals surface area contributed by atoms with E-state index in [1.807, 2.05) is 38.1 Å². The number of fused-ring (bicyclic) bond motifs is 1. The van der Waals surface area contributed by atoms with Gasteiger partial charge in [-0.2, -0.15) is 8.42 Å². The van der Waals surface area contributed by atoms with Crippen molar-refractivity contribution in [1.29, 1.82) is 0 Å². The highest BCUT2D eigenvalue weighted by Crippen LogP contribution is 2.39. The zero-order valence-electron chi connectivity index (χ0n) is 11.5. The normalized spacial score (nSPS) is 11.2. The van der Waals surface area contributed by atoms with Crippen LogP contribution in [0.2, 0.25) is 0 Å². The molecule has 106 valence electrons. The highest BCUT2D eigenvalue weighted by atomic mass is 32.2. The van der Waals surface area contributed by atoms with Gasteiger partial charge in [0.25, 0.3) is 11.0 Å². The third kappa shape index (κ3) is 2.82. The Morgan fingerprint density at radius 3 is 2.40 bits per heavy atom. The fourth-order valence-electron chi connectivity index (χ4n) is 2.17. The molecule has 2 aliphatic rings. The Kier molecular flexibility index (Phi) is 4.09. The van der Waals surface area contributed by atoms with Crippen LogP contribution in [0.3, 0.4) is 0 Å². The molecule has 4 nitrogen and oxygen atoms in total. The molecule has 0 amide bonds. The fourth-order valence-corrected chi connectivity index (χ4v) is 2.48. The van der Waals surface area contributed by atoms with E-state index < -0.39 is 11.0 Å². The van der Waals surface area contributed by atoms with Crippen LogP contribution in [0.4, 0.5) is 0 Å². The Hall–Kier alpha value is -1.88. The van der Waals surface area contributed by atoms with Crippen molar-refractivity contribution in [3.63, 3.8) is 0 Å². The highest BCUT2D eigenvalue weighted by molar-refractivity contribution is 7.67. The topological polar surface area (TPSA) is 60.4 Å². The van der Waals surface area contributed by atoms with Gasteiger partial charge in [0.1, 0.15) is 0 Å². The summed E-state index contributed by atoms with van der Waals surface area (Å²) >= 11 is 0. The minimum absolute atomic E-state index is 0.122. The molecule has 0 N–H and O–H groups in total. The smallest absolute Gasteiger partial charge is 0.299 e. The lowest BCUT2D eigenvalue weighted by Gasteiger charge is -2.04. The number of thiol groups is 1. The zero-order valence-corrected chi connectivity index (χ0v) is 12.4. The molecule has 2 rings (SSSR count). The fraction of sp³-hybridized carbons (Fsp3) is 0.267. The van der Waals surface area contributed by atoms with Gasteiger partial charge < -0.3 is 4.18 Å². The van der Waals surface area contributed by atoms with Gasteiger partial charge in [-0.15, -0.1) is 0 Å². The zero-order chi connectivity index (χ0) is 14.9. The maximum absolute atomic E-state index is 11.7. The van der Waals surface area contributed by atoms with Gasteiger partial charge in [-0.05, 0) is 36.1 Å². The Morgan fingerprint density at radius 1 is 1.15 bits per heavy atom. The van der Waals surface area contributed by atoms with Gasteiger partial charge in [0.05, 0.1) is 0 Å². The van der Waals surface area contributed by atoms with E-state index in [4.69, 9.17) is 4.18 Å². The van der Waals surface area contributed by atoms with Crippen LogP contribution in [-0.2, 0) is 11.0 Å². The van der Waals surface area contributed by atoms with Crippen LogP contribution in [0.1, 0.15) is 42.6 Å². The van der Waals surface area contributed by atoms with Crippen LogP contribution < -0.4 is 4.18 Å². The van der Waals surface area contributed by atoms with Gasteiger partial charge in [-0.1, -0.05) is 32.0 Å². The van der Waals surface area contributed by atoms with Gasteiger partial charge in [-0.25, -0.2) is 0 Å². The lowest BCUT2D eigenvalue weighted by Crippen LogP contribution is -1.90. The summed E-state index contributed by atoms with van der Waals surface area (Å²) < 4.78 is 26.5. The van der Waals surface area contributed by atoms with Crippen molar-refractivity contribution in [2.75, 3.05) is 0 Å². The van der Waals surface area contributed by atoms with Crippen molar-refractivity contribution in [3.8, 4) is 16.9 Å². The maximum Gasteiger partial charge on any atom is 0.299 e. The average Bonchev–Trinajstić information content (AvgIpc) is 2.56. The van der Waals surface area contributed by atoms with Crippen molar-refractivity contribution >= 4 is 16.8 Å². The monoisotopic (exact) mass is 292 g/mol. The Morgan fingerprint density at radius 2 is 1.85 bits per heavy atom. The summed E-state index contributed by atoms with van der Waals surface area (Å²) in [5, 5.41) is 0. The molecule has 5 heteroatoms. The molecule has 2 aliphatic carbocycles. The van der Waals surface area contributed by atoms with Gasteiger partial charge in [0.2, 0.25) is 0 Å². The van der Waals surface area contributed by atoms with Crippen molar-refractivity contribution in [1.82, 2.24) is 0 Å². The quantitative estimate of drug-likeness (QED) is 0.695. The van der Waals surface area contributed by atoms with E-state index in [1.165, 1.54) is 13.0 Å². The van der Waals surface area contributed by atoms with Crippen molar-refractivity contribution < 1.29 is 17.4 Å². The molecule has 0 aromatic carbocycles. The van der Waals surface area contributed by atoms with Crippen LogP contribution in [0.25, 0.3) is 11.1 Å². The second kappa shape index (κ2) is 5.63. The summed E-state index contributed by atoms with van der Waals surface area (Å²) in [6.07, 6.45) is 0. The highest BCUT2D eigenvalue weighted by Gasteiger charge is 2.20. The number of hydrogen-bond donors (Lipinski definition) is 1. The van der Waals surface area contributed by atoms with Crippen LogP contribution in [-0.4, -0.2) is 14.2 Å². The molecule has 0 fully saturated rings. The second-order valence-corrected chi connectivity index (χ2v) is 5.58. The number of carbonyl (C=O) groups excluding carboxylic acids is 1. The van der Waals surface area contributed by atoms with E-state index in [0.29, 0.717) is 16.7 Å². The average molecular weight is 292 g/mol. The molecule has 0 heterocycles. The predicted octanol–water partition coefficient (Wildman–Crippen LogP) is 3.02. The first-order chi connectivity index (χ1) is 9.40. The second-order valence-electron chi connectivity index (χ2n) is 4.95. The first kappa shape index (κ1) is 14.5. The van der Waals surface area contributed by atoms with Gasteiger partial charge in [-0.3, -0.25) is 4.79 Å². The molecule has 0 radical (unpaired) electrons. The lowest BCUT2D eigenvalue weighted by atomic mass is 10.0. The summed E-state index contributed by atoms with van der Waals surface area (Å²) in [4.78, 5) is 11.7. The van der Waals surface area contributed by atoms with Crippen molar-refractivity contribution in [2.24, 2.45) is 0 Å². The maximum atomic E-state index is 11.7. The number of rotatable bonds is 4. The standard InChI is InChI=1S/C15H16O4S/c1-9(2)11-5-4-6-12-13(10(3)16)8-15(14(12)7-11)19-20(17)18/h4-9,20H,1-3H3. The third-order valence-corrected chi connectivity index (χ3v) is 3.55. The van der Waals surface area contributed by atoms with Crippen molar-refractivity contribution in [3.05, 3.63) is 41.5 Å². The molecular weight excluding hydrogens is 276 g/mol.